The van der Waals surface area contributed by atoms with Gasteiger partial charge in [0.25, 0.3) is 5.91 Å². The van der Waals surface area contributed by atoms with Crippen LogP contribution in [0.25, 0.3) is 10.6 Å². The lowest BCUT2D eigenvalue weighted by molar-refractivity contribution is -0.130. The number of aliphatic hydroxyl groups is 1. The summed E-state index contributed by atoms with van der Waals surface area (Å²) in [5.41, 5.74) is 4.29. The molecule has 1 atom stereocenters. The minimum absolute atomic E-state index is 0.0811. The van der Waals surface area contributed by atoms with E-state index in [-0.39, 0.29) is 17.9 Å². The summed E-state index contributed by atoms with van der Waals surface area (Å²) in [6.07, 6.45) is 3.35. The van der Waals surface area contributed by atoms with Gasteiger partial charge in [-0.05, 0) is 35.6 Å². The number of aryl methyl sites for hydroxylation is 1. The molecule has 37 heavy (non-hydrogen) atoms. The fraction of sp³-hybridized carbons (Fsp3) is 0.200. The van der Waals surface area contributed by atoms with Gasteiger partial charge in [0.05, 0.1) is 22.2 Å². The highest BCUT2D eigenvalue weighted by Crippen LogP contribution is 2.42. The summed E-state index contributed by atoms with van der Waals surface area (Å²) in [5.74, 6) is -1.13. The Labute approximate surface area is 220 Å². The molecule has 186 valence electrons. The van der Waals surface area contributed by atoms with Gasteiger partial charge in [-0.1, -0.05) is 74.5 Å². The minimum atomic E-state index is -0.733. The molecule has 7 heteroatoms. The zero-order chi connectivity index (χ0) is 26.1. The molecule has 2 aromatic heterocycles. The number of pyridine rings is 1. The van der Waals surface area contributed by atoms with E-state index in [1.54, 1.807) is 30.3 Å². The van der Waals surface area contributed by atoms with Gasteiger partial charge in [0.2, 0.25) is 5.78 Å². The maximum atomic E-state index is 14.0. The van der Waals surface area contributed by atoms with E-state index in [9.17, 15) is 14.7 Å². The second kappa shape index (κ2) is 10.1. The van der Waals surface area contributed by atoms with Crippen molar-refractivity contribution in [2.45, 2.75) is 39.3 Å². The minimum Gasteiger partial charge on any atom is -0.503 e. The highest BCUT2D eigenvalue weighted by Gasteiger charge is 2.44. The lowest BCUT2D eigenvalue weighted by Crippen LogP contribution is -2.30. The molecular formula is C30H27N3O3S. The Morgan fingerprint density at radius 3 is 2.43 bits per heavy atom. The van der Waals surface area contributed by atoms with Crippen LogP contribution >= 0.6 is 11.3 Å². The fourth-order valence-electron chi connectivity index (χ4n) is 4.58. The topological polar surface area (TPSA) is 83.4 Å². The molecule has 2 aromatic carbocycles. The molecule has 1 aliphatic rings. The molecule has 3 heterocycles. The number of hydrogen-bond acceptors (Lipinski definition) is 6. The standard InChI is InChI=1S/C30H27N3O3S/c1-18(2)21-11-13-22(14-12-21)25-24(27(35)30(36)33(25)17-20-8-7-15-31-16-20)26(34)28-19(3)32-29(37-28)23-9-5-4-6-10-23/h4-16,18,25,35H,17H2,1-3H3. The van der Waals surface area contributed by atoms with Crippen molar-refractivity contribution in [2.75, 3.05) is 0 Å². The van der Waals surface area contributed by atoms with Gasteiger partial charge in [-0.15, -0.1) is 11.3 Å². The highest BCUT2D eigenvalue weighted by atomic mass is 32.1. The van der Waals surface area contributed by atoms with E-state index in [1.165, 1.54) is 11.3 Å². The Hall–Kier alpha value is -4.10. The van der Waals surface area contributed by atoms with E-state index in [0.29, 0.717) is 16.5 Å². The SMILES string of the molecule is Cc1nc(-c2ccccc2)sc1C(=O)C1=C(O)C(=O)N(Cc2cccnc2)C1c1ccc(C(C)C)cc1. The number of amides is 1. The number of benzene rings is 2. The Morgan fingerprint density at radius 1 is 1.05 bits per heavy atom. The van der Waals surface area contributed by atoms with Crippen LogP contribution in [-0.4, -0.2) is 31.7 Å². The van der Waals surface area contributed by atoms with Crippen LogP contribution < -0.4 is 0 Å². The average Bonchev–Trinajstić information content (AvgIpc) is 3.42. The number of carbonyl (C=O) groups is 2. The summed E-state index contributed by atoms with van der Waals surface area (Å²) in [6.45, 7) is 6.21. The second-order valence-corrected chi connectivity index (χ2v) is 10.4. The Bertz CT molecular complexity index is 1480. The predicted octanol–water partition coefficient (Wildman–Crippen LogP) is 6.42. The Balaban J connectivity index is 1.58. The van der Waals surface area contributed by atoms with Crippen molar-refractivity contribution in [2.24, 2.45) is 0 Å². The van der Waals surface area contributed by atoms with Gasteiger partial charge in [-0.3, -0.25) is 14.6 Å². The zero-order valence-electron chi connectivity index (χ0n) is 20.9. The number of rotatable bonds is 7. The molecule has 0 fully saturated rings. The molecule has 0 radical (unpaired) electrons. The van der Waals surface area contributed by atoms with E-state index in [0.717, 1.165) is 27.3 Å². The quantitative estimate of drug-likeness (QED) is 0.291. The number of Topliss-reactive ketones (excluding diaryl/α,β-unsaturated/α-hetero) is 1. The molecule has 4 aromatic rings. The number of aromatic nitrogens is 2. The van der Waals surface area contributed by atoms with Gasteiger partial charge in [0.15, 0.2) is 5.76 Å². The van der Waals surface area contributed by atoms with Crippen molar-refractivity contribution in [3.05, 3.63) is 118 Å². The smallest absolute Gasteiger partial charge is 0.290 e. The summed E-state index contributed by atoms with van der Waals surface area (Å²) in [5, 5.41) is 11.8. The summed E-state index contributed by atoms with van der Waals surface area (Å²) < 4.78 is 0. The molecule has 0 aliphatic carbocycles. The Kier molecular flexibility index (Phi) is 6.72. The van der Waals surface area contributed by atoms with E-state index in [1.807, 2.05) is 60.7 Å². The first-order valence-corrected chi connectivity index (χ1v) is 13.0. The fourth-order valence-corrected chi connectivity index (χ4v) is 5.61. The van der Waals surface area contributed by atoms with Crippen LogP contribution in [0.5, 0.6) is 0 Å². The van der Waals surface area contributed by atoms with Gasteiger partial charge in [-0.25, -0.2) is 4.98 Å². The number of thiazole rings is 1. The van der Waals surface area contributed by atoms with Crippen LogP contribution in [0.4, 0.5) is 0 Å². The van der Waals surface area contributed by atoms with E-state index in [2.05, 4.69) is 23.8 Å². The molecular weight excluding hydrogens is 482 g/mol. The molecule has 0 saturated carbocycles. The van der Waals surface area contributed by atoms with E-state index >= 15 is 0 Å². The summed E-state index contributed by atoms with van der Waals surface area (Å²) in [7, 11) is 0. The lowest BCUT2D eigenvalue weighted by Gasteiger charge is -2.27. The largest absolute Gasteiger partial charge is 0.503 e. The second-order valence-electron chi connectivity index (χ2n) is 9.41. The van der Waals surface area contributed by atoms with Gasteiger partial charge < -0.3 is 10.0 Å². The van der Waals surface area contributed by atoms with Crippen LogP contribution in [0.2, 0.25) is 0 Å². The lowest BCUT2D eigenvalue weighted by atomic mass is 9.93. The van der Waals surface area contributed by atoms with Crippen LogP contribution in [0.15, 0.2) is 90.5 Å². The molecule has 1 N–H and O–H groups in total. The summed E-state index contributed by atoms with van der Waals surface area (Å²) in [6, 6.07) is 20.5. The number of hydrogen-bond donors (Lipinski definition) is 1. The maximum absolute atomic E-state index is 14.0. The molecule has 1 aliphatic heterocycles. The first-order chi connectivity index (χ1) is 17.8. The van der Waals surface area contributed by atoms with E-state index in [4.69, 9.17) is 0 Å². The molecule has 0 saturated heterocycles. The normalized spacial score (nSPS) is 15.6. The Morgan fingerprint density at radius 2 is 1.78 bits per heavy atom. The van der Waals surface area contributed by atoms with Crippen molar-refractivity contribution in [3.63, 3.8) is 0 Å². The maximum Gasteiger partial charge on any atom is 0.290 e. The molecule has 6 nitrogen and oxygen atoms in total. The monoisotopic (exact) mass is 509 g/mol. The van der Waals surface area contributed by atoms with Crippen molar-refractivity contribution in [3.8, 4) is 10.6 Å². The van der Waals surface area contributed by atoms with Crippen molar-refractivity contribution in [1.82, 2.24) is 14.9 Å². The third-order valence-corrected chi connectivity index (χ3v) is 7.77. The number of aliphatic hydroxyl groups excluding tert-OH is 1. The van der Waals surface area contributed by atoms with E-state index < -0.39 is 17.7 Å². The summed E-state index contributed by atoms with van der Waals surface area (Å²) >= 11 is 1.27. The third kappa shape index (κ3) is 4.70. The van der Waals surface area contributed by atoms with Crippen molar-refractivity contribution >= 4 is 23.0 Å². The van der Waals surface area contributed by atoms with Crippen LogP contribution in [0.3, 0.4) is 0 Å². The third-order valence-electron chi connectivity index (χ3n) is 6.57. The highest BCUT2D eigenvalue weighted by molar-refractivity contribution is 7.17. The molecule has 1 unspecified atom stereocenters. The molecule has 0 bridgehead atoms. The number of carbonyl (C=O) groups excluding carboxylic acids is 2. The van der Waals surface area contributed by atoms with Crippen LogP contribution in [0, 0.1) is 6.92 Å². The first-order valence-electron chi connectivity index (χ1n) is 12.2. The van der Waals surface area contributed by atoms with Crippen LogP contribution in [0.1, 0.15) is 57.9 Å². The van der Waals surface area contributed by atoms with Gasteiger partial charge in [0.1, 0.15) is 5.01 Å². The molecule has 5 rings (SSSR count). The van der Waals surface area contributed by atoms with Gasteiger partial charge >= 0.3 is 0 Å². The van der Waals surface area contributed by atoms with Crippen LogP contribution in [-0.2, 0) is 11.3 Å². The number of nitrogens with zero attached hydrogens (tertiary/aromatic N) is 3. The molecule has 0 spiro atoms. The average molecular weight is 510 g/mol. The van der Waals surface area contributed by atoms with Gasteiger partial charge in [-0.2, -0.15) is 0 Å². The first kappa shape index (κ1) is 24.6. The van der Waals surface area contributed by atoms with Crippen molar-refractivity contribution in [1.29, 1.82) is 0 Å². The predicted molar refractivity (Wildman–Crippen MR) is 144 cm³/mol. The molecule has 1 amide bonds. The number of ketones is 1. The van der Waals surface area contributed by atoms with Gasteiger partial charge in [0, 0.05) is 24.5 Å². The zero-order valence-corrected chi connectivity index (χ0v) is 21.7. The summed E-state index contributed by atoms with van der Waals surface area (Å²) in [4.78, 5) is 38.1. The van der Waals surface area contributed by atoms with Crippen molar-refractivity contribution < 1.29 is 14.7 Å².